The van der Waals surface area contributed by atoms with Crippen molar-refractivity contribution in [2.75, 3.05) is 13.7 Å². The van der Waals surface area contributed by atoms with Gasteiger partial charge in [-0.25, -0.2) is 0 Å². The highest BCUT2D eigenvalue weighted by Gasteiger charge is 1.98. The Labute approximate surface area is 62.8 Å². The number of hydrogen-bond acceptors (Lipinski definition) is 2. The van der Waals surface area contributed by atoms with Crippen LogP contribution in [0.2, 0.25) is 0 Å². The second-order valence-corrected chi connectivity index (χ2v) is 2.06. The van der Waals surface area contributed by atoms with E-state index in [1.165, 1.54) is 0 Å². The Hall–Kier alpha value is -0.340. The largest absolute Gasteiger partial charge is 0.352 e. The molecule has 2 heteroatoms. The van der Waals surface area contributed by atoms with Crippen molar-refractivity contribution in [1.82, 2.24) is 0 Å². The van der Waals surface area contributed by atoms with Crippen LogP contribution in [0.15, 0.2) is 12.7 Å². The van der Waals surface area contributed by atoms with Gasteiger partial charge in [0, 0.05) is 7.11 Å². The molecule has 0 spiro atoms. The number of unbranched alkanes of at least 4 members (excludes halogenated alkanes) is 1. The molecule has 0 heterocycles. The van der Waals surface area contributed by atoms with Crippen molar-refractivity contribution in [2.24, 2.45) is 0 Å². The Kier molecular flexibility index (Phi) is 6.55. The van der Waals surface area contributed by atoms with Crippen LogP contribution in [-0.2, 0) is 9.47 Å². The van der Waals surface area contributed by atoms with Crippen molar-refractivity contribution < 1.29 is 9.47 Å². The number of rotatable bonds is 6. The highest BCUT2D eigenvalue weighted by atomic mass is 16.7. The van der Waals surface area contributed by atoms with Gasteiger partial charge in [-0.2, -0.15) is 0 Å². The van der Waals surface area contributed by atoms with Gasteiger partial charge in [0.2, 0.25) is 0 Å². The van der Waals surface area contributed by atoms with Gasteiger partial charge in [0.1, 0.15) is 0 Å². The Balaban J connectivity index is 3.17. The molecule has 0 bridgehead atoms. The molecule has 0 amide bonds. The summed E-state index contributed by atoms with van der Waals surface area (Å²) in [4.78, 5) is 0. The predicted molar refractivity (Wildman–Crippen MR) is 41.9 cm³/mol. The summed E-state index contributed by atoms with van der Waals surface area (Å²) in [6.07, 6.45) is 3.64. The van der Waals surface area contributed by atoms with E-state index in [9.17, 15) is 0 Å². The maximum atomic E-state index is 5.24. The molecule has 0 radical (unpaired) electrons. The average molecular weight is 144 g/mol. The standard InChI is InChI=1S/C8H16O2/c1-4-6-7-10-8(5-2)9-3/h5,8H,2,4,6-7H2,1,3H3. The van der Waals surface area contributed by atoms with Crippen molar-refractivity contribution >= 4 is 0 Å². The van der Waals surface area contributed by atoms with E-state index in [4.69, 9.17) is 9.47 Å². The van der Waals surface area contributed by atoms with Crippen LogP contribution in [-0.4, -0.2) is 20.0 Å². The first-order valence-corrected chi connectivity index (χ1v) is 3.62. The molecule has 0 aromatic carbocycles. The minimum Gasteiger partial charge on any atom is -0.352 e. The van der Waals surface area contributed by atoms with Gasteiger partial charge in [-0.1, -0.05) is 19.9 Å². The van der Waals surface area contributed by atoms with Gasteiger partial charge < -0.3 is 9.47 Å². The molecule has 0 aromatic rings. The number of methoxy groups -OCH3 is 1. The molecule has 0 N–H and O–H groups in total. The third-order valence-corrected chi connectivity index (χ3v) is 1.20. The molecule has 10 heavy (non-hydrogen) atoms. The summed E-state index contributed by atoms with van der Waals surface area (Å²) >= 11 is 0. The van der Waals surface area contributed by atoms with E-state index in [1.807, 2.05) is 0 Å². The summed E-state index contributed by atoms with van der Waals surface area (Å²) in [5, 5.41) is 0. The van der Waals surface area contributed by atoms with Crippen LogP contribution >= 0.6 is 0 Å². The molecule has 0 saturated carbocycles. The lowest BCUT2D eigenvalue weighted by Crippen LogP contribution is -2.12. The molecule has 0 aliphatic rings. The second-order valence-electron chi connectivity index (χ2n) is 2.06. The number of hydrogen-bond donors (Lipinski definition) is 0. The first-order chi connectivity index (χ1) is 4.85. The van der Waals surface area contributed by atoms with Gasteiger partial charge in [0.15, 0.2) is 6.29 Å². The van der Waals surface area contributed by atoms with E-state index in [0.29, 0.717) is 0 Å². The van der Waals surface area contributed by atoms with Gasteiger partial charge in [-0.05, 0) is 12.5 Å². The van der Waals surface area contributed by atoms with Crippen LogP contribution in [0.3, 0.4) is 0 Å². The summed E-state index contributed by atoms with van der Waals surface area (Å²) in [6.45, 7) is 6.44. The van der Waals surface area contributed by atoms with Gasteiger partial charge >= 0.3 is 0 Å². The summed E-state index contributed by atoms with van der Waals surface area (Å²) in [6, 6.07) is 0. The molecule has 0 saturated heterocycles. The van der Waals surface area contributed by atoms with Crippen LogP contribution < -0.4 is 0 Å². The van der Waals surface area contributed by atoms with Crippen LogP contribution in [0, 0.1) is 0 Å². The maximum absolute atomic E-state index is 5.24. The topological polar surface area (TPSA) is 18.5 Å². The van der Waals surface area contributed by atoms with Crippen molar-refractivity contribution in [2.45, 2.75) is 26.1 Å². The number of ether oxygens (including phenoxy) is 2. The van der Waals surface area contributed by atoms with Crippen molar-refractivity contribution in [3.63, 3.8) is 0 Å². The van der Waals surface area contributed by atoms with E-state index >= 15 is 0 Å². The second kappa shape index (κ2) is 6.78. The molecule has 0 aromatic heterocycles. The highest BCUT2D eigenvalue weighted by molar-refractivity contribution is 4.71. The summed E-state index contributed by atoms with van der Waals surface area (Å²) in [7, 11) is 1.61. The Morgan fingerprint density at radius 2 is 2.30 bits per heavy atom. The van der Waals surface area contributed by atoms with Crippen molar-refractivity contribution in [3.8, 4) is 0 Å². The zero-order valence-corrected chi connectivity index (χ0v) is 6.80. The normalized spacial score (nSPS) is 13.0. The van der Waals surface area contributed by atoms with E-state index in [2.05, 4.69) is 13.5 Å². The summed E-state index contributed by atoms with van der Waals surface area (Å²) < 4.78 is 10.1. The molecule has 0 aliphatic carbocycles. The van der Waals surface area contributed by atoms with Crippen LogP contribution in [0.25, 0.3) is 0 Å². The molecular weight excluding hydrogens is 128 g/mol. The summed E-state index contributed by atoms with van der Waals surface area (Å²) in [5.41, 5.74) is 0. The first-order valence-electron chi connectivity index (χ1n) is 3.62. The van der Waals surface area contributed by atoms with Crippen LogP contribution in [0.1, 0.15) is 19.8 Å². The average Bonchev–Trinajstić information content (AvgIpc) is 1.99. The van der Waals surface area contributed by atoms with E-state index < -0.39 is 0 Å². The third kappa shape index (κ3) is 4.53. The minimum absolute atomic E-state index is 0.230. The fraction of sp³-hybridized carbons (Fsp3) is 0.750. The molecule has 1 unspecified atom stereocenters. The van der Waals surface area contributed by atoms with Crippen LogP contribution in [0.5, 0.6) is 0 Å². The Morgan fingerprint density at radius 1 is 1.60 bits per heavy atom. The molecule has 0 fully saturated rings. The minimum atomic E-state index is -0.230. The lowest BCUT2D eigenvalue weighted by Gasteiger charge is -2.10. The van der Waals surface area contributed by atoms with Gasteiger partial charge in [0.25, 0.3) is 0 Å². The lowest BCUT2D eigenvalue weighted by molar-refractivity contribution is -0.0908. The van der Waals surface area contributed by atoms with E-state index in [1.54, 1.807) is 13.2 Å². The zero-order chi connectivity index (χ0) is 7.82. The monoisotopic (exact) mass is 144 g/mol. The lowest BCUT2D eigenvalue weighted by atomic mass is 10.4. The molecule has 0 aliphatic heterocycles. The van der Waals surface area contributed by atoms with E-state index in [-0.39, 0.29) is 6.29 Å². The molecule has 2 nitrogen and oxygen atoms in total. The fourth-order valence-electron chi connectivity index (χ4n) is 0.576. The van der Waals surface area contributed by atoms with Crippen molar-refractivity contribution in [3.05, 3.63) is 12.7 Å². The van der Waals surface area contributed by atoms with Gasteiger partial charge in [-0.3, -0.25) is 0 Å². The van der Waals surface area contributed by atoms with Gasteiger partial charge in [0.05, 0.1) is 6.61 Å². The quantitative estimate of drug-likeness (QED) is 0.322. The van der Waals surface area contributed by atoms with Gasteiger partial charge in [-0.15, -0.1) is 0 Å². The van der Waals surface area contributed by atoms with Crippen molar-refractivity contribution in [1.29, 1.82) is 0 Å². The molecule has 60 valence electrons. The molecular formula is C8H16O2. The Morgan fingerprint density at radius 3 is 2.70 bits per heavy atom. The predicted octanol–water partition coefficient (Wildman–Crippen LogP) is 1.96. The third-order valence-electron chi connectivity index (χ3n) is 1.20. The maximum Gasteiger partial charge on any atom is 0.176 e. The van der Waals surface area contributed by atoms with Crippen LogP contribution in [0.4, 0.5) is 0 Å². The highest BCUT2D eigenvalue weighted by Crippen LogP contribution is 1.96. The zero-order valence-electron chi connectivity index (χ0n) is 6.80. The molecule has 1 atom stereocenters. The van der Waals surface area contributed by atoms with E-state index in [0.717, 1.165) is 19.4 Å². The SMILES string of the molecule is C=CC(OC)OCCCC. The summed E-state index contributed by atoms with van der Waals surface area (Å²) in [5.74, 6) is 0. The smallest absolute Gasteiger partial charge is 0.176 e. The molecule has 0 rings (SSSR count). The Bertz CT molecular complexity index is 81.3. The first kappa shape index (κ1) is 9.66. The fourth-order valence-corrected chi connectivity index (χ4v) is 0.576.